The Bertz CT molecular complexity index is 455. The topological polar surface area (TPSA) is 81.1 Å². The van der Waals surface area contributed by atoms with Gasteiger partial charge < -0.3 is 16.8 Å². The van der Waals surface area contributed by atoms with Crippen LogP contribution in [0.25, 0.3) is 0 Å². The molecule has 1 aliphatic rings. The zero-order chi connectivity index (χ0) is 11.9. The molecule has 0 spiro atoms. The number of rotatable bonds is 3. The molecule has 0 saturated heterocycles. The zero-order valence-corrected chi connectivity index (χ0v) is 9.01. The lowest BCUT2D eigenvalue weighted by Gasteiger charge is -2.15. The molecule has 1 fully saturated rings. The summed E-state index contributed by atoms with van der Waals surface area (Å²) in [7, 11) is 0. The summed E-state index contributed by atoms with van der Waals surface area (Å²) in [5, 5.41) is 3.04. The smallest absolute Gasteiger partial charge is 0.250 e. The molecule has 5 N–H and O–H groups in total. The van der Waals surface area contributed by atoms with Crippen molar-refractivity contribution in [3.63, 3.8) is 0 Å². The highest BCUT2D eigenvalue weighted by Gasteiger charge is 2.37. The van der Waals surface area contributed by atoms with Gasteiger partial charge in [0.25, 0.3) is 5.91 Å². The summed E-state index contributed by atoms with van der Waals surface area (Å²) in [5.41, 5.74) is 11.1. The van der Waals surface area contributed by atoms with E-state index in [0.29, 0.717) is 0 Å². The van der Waals surface area contributed by atoms with Gasteiger partial charge in [0.05, 0.1) is 11.3 Å². The molecule has 1 aromatic carbocycles. The van der Waals surface area contributed by atoms with Crippen LogP contribution in [-0.4, -0.2) is 11.4 Å². The number of nitrogens with two attached hydrogens (primary N) is 2. The molecule has 0 heterocycles. The predicted octanol–water partition coefficient (Wildman–Crippen LogP) is 1.47. The molecule has 4 nitrogen and oxygen atoms in total. The fraction of sp³-hybridized carbons (Fsp3) is 0.364. The molecule has 1 aromatic rings. The number of nitrogens with one attached hydrogen (secondary N) is 1. The first-order valence-corrected chi connectivity index (χ1v) is 5.08. The van der Waals surface area contributed by atoms with E-state index >= 15 is 0 Å². The lowest BCUT2D eigenvalue weighted by Crippen LogP contribution is -2.19. The van der Waals surface area contributed by atoms with Crippen molar-refractivity contribution in [2.45, 2.75) is 25.3 Å². The van der Waals surface area contributed by atoms with E-state index in [2.05, 4.69) is 5.32 Å². The second-order valence-electron chi connectivity index (χ2n) is 4.47. The van der Waals surface area contributed by atoms with Crippen molar-refractivity contribution in [1.82, 2.24) is 0 Å². The minimum absolute atomic E-state index is 0.0636. The van der Waals surface area contributed by atoms with Gasteiger partial charge in [-0.2, -0.15) is 0 Å². The summed E-state index contributed by atoms with van der Waals surface area (Å²) in [5.74, 6) is -1.11. The van der Waals surface area contributed by atoms with Crippen molar-refractivity contribution >= 4 is 17.3 Å². The Morgan fingerprint density at radius 1 is 1.50 bits per heavy atom. The standard InChI is InChI=1S/C11H14FN3O/c1-11(2-3-11)15-9-4-6(10(14)16)8(13)5-7(9)12/h4-5,15H,2-3,13H2,1H3,(H2,14,16). The Kier molecular flexibility index (Phi) is 2.26. The van der Waals surface area contributed by atoms with E-state index in [1.165, 1.54) is 6.07 Å². The molecule has 0 bridgehead atoms. The molecule has 1 amide bonds. The average Bonchev–Trinajstić information content (AvgIpc) is 2.88. The lowest BCUT2D eigenvalue weighted by atomic mass is 10.1. The SMILES string of the molecule is CC1(Nc2cc(C(N)=O)c(N)cc2F)CC1. The third kappa shape index (κ3) is 1.93. The van der Waals surface area contributed by atoms with Crippen LogP contribution >= 0.6 is 0 Å². The van der Waals surface area contributed by atoms with Crippen LogP contribution < -0.4 is 16.8 Å². The largest absolute Gasteiger partial charge is 0.398 e. The van der Waals surface area contributed by atoms with Gasteiger partial charge in [0, 0.05) is 11.2 Å². The summed E-state index contributed by atoms with van der Waals surface area (Å²) >= 11 is 0. The van der Waals surface area contributed by atoms with Crippen molar-refractivity contribution in [2.24, 2.45) is 5.73 Å². The third-order valence-electron chi connectivity index (χ3n) is 2.84. The van der Waals surface area contributed by atoms with Gasteiger partial charge in [-0.3, -0.25) is 4.79 Å². The summed E-state index contributed by atoms with van der Waals surface area (Å²) in [4.78, 5) is 11.1. The maximum absolute atomic E-state index is 13.6. The van der Waals surface area contributed by atoms with Gasteiger partial charge in [-0.15, -0.1) is 0 Å². The van der Waals surface area contributed by atoms with Gasteiger partial charge in [0.2, 0.25) is 0 Å². The quantitative estimate of drug-likeness (QED) is 0.679. The summed E-state index contributed by atoms with van der Waals surface area (Å²) in [6, 6.07) is 2.49. The number of carbonyl (C=O) groups is 1. The summed E-state index contributed by atoms with van der Waals surface area (Å²) in [6.07, 6.45) is 1.98. The first kappa shape index (κ1) is 10.7. The van der Waals surface area contributed by atoms with Gasteiger partial charge in [0.15, 0.2) is 0 Å². The molecule has 0 aliphatic heterocycles. The highest BCUT2D eigenvalue weighted by atomic mass is 19.1. The van der Waals surface area contributed by atoms with Crippen molar-refractivity contribution in [1.29, 1.82) is 0 Å². The minimum atomic E-state index is -0.651. The second kappa shape index (κ2) is 3.37. The highest BCUT2D eigenvalue weighted by molar-refractivity contribution is 5.99. The predicted molar refractivity (Wildman–Crippen MR) is 60.6 cm³/mol. The highest BCUT2D eigenvalue weighted by Crippen LogP contribution is 2.39. The van der Waals surface area contributed by atoms with E-state index in [-0.39, 0.29) is 22.5 Å². The van der Waals surface area contributed by atoms with Crippen molar-refractivity contribution < 1.29 is 9.18 Å². The average molecular weight is 223 g/mol. The van der Waals surface area contributed by atoms with Crippen LogP contribution in [-0.2, 0) is 0 Å². The van der Waals surface area contributed by atoms with Crippen LogP contribution in [0.15, 0.2) is 12.1 Å². The van der Waals surface area contributed by atoms with Gasteiger partial charge in [-0.05, 0) is 31.9 Å². The van der Waals surface area contributed by atoms with Crippen molar-refractivity contribution in [2.75, 3.05) is 11.1 Å². The molecule has 0 atom stereocenters. The molecule has 0 aromatic heterocycles. The summed E-state index contributed by atoms with van der Waals surface area (Å²) in [6.45, 7) is 1.99. The van der Waals surface area contributed by atoms with Crippen LogP contribution in [0.1, 0.15) is 30.1 Å². The van der Waals surface area contributed by atoms with E-state index in [1.54, 1.807) is 0 Å². The Balaban J connectivity index is 2.37. The number of carbonyl (C=O) groups excluding carboxylic acids is 1. The van der Waals surface area contributed by atoms with Gasteiger partial charge in [-0.1, -0.05) is 0 Å². The number of nitrogen functional groups attached to an aromatic ring is 1. The molecule has 0 radical (unpaired) electrons. The van der Waals surface area contributed by atoms with Gasteiger partial charge >= 0.3 is 0 Å². The molecule has 1 saturated carbocycles. The lowest BCUT2D eigenvalue weighted by molar-refractivity contribution is 0.100. The number of halogens is 1. The Morgan fingerprint density at radius 3 is 2.62 bits per heavy atom. The Hall–Kier alpha value is -1.78. The van der Waals surface area contributed by atoms with E-state index < -0.39 is 11.7 Å². The van der Waals surface area contributed by atoms with Crippen LogP contribution in [0.5, 0.6) is 0 Å². The number of hydrogen-bond donors (Lipinski definition) is 3. The van der Waals surface area contributed by atoms with E-state index in [1.807, 2.05) is 6.92 Å². The van der Waals surface area contributed by atoms with Gasteiger partial charge in [0.1, 0.15) is 5.82 Å². The number of benzene rings is 1. The monoisotopic (exact) mass is 223 g/mol. The molecule has 5 heteroatoms. The number of hydrogen-bond acceptors (Lipinski definition) is 3. The second-order valence-corrected chi connectivity index (χ2v) is 4.47. The maximum atomic E-state index is 13.6. The van der Waals surface area contributed by atoms with E-state index in [0.717, 1.165) is 18.9 Å². The van der Waals surface area contributed by atoms with E-state index in [4.69, 9.17) is 11.5 Å². The molecule has 16 heavy (non-hydrogen) atoms. The van der Waals surface area contributed by atoms with Crippen LogP contribution in [0.4, 0.5) is 15.8 Å². The fourth-order valence-electron chi connectivity index (χ4n) is 1.54. The summed E-state index contributed by atoms with van der Waals surface area (Å²) < 4.78 is 13.6. The molecular weight excluding hydrogens is 209 g/mol. The molecule has 1 aliphatic carbocycles. The minimum Gasteiger partial charge on any atom is -0.398 e. The molecular formula is C11H14FN3O. The zero-order valence-electron chi connectivity index (χ0n) is 9.01. The molecule has 86 valence electrons. The first-order chi connectivity index (χ1) is 7.41. The Labute approximate surface area is 92.8 Å². The fourth-order valence-corrected chi connectivity index (χ4v) is 1.54. The van der Waals surface area contributed by atoms with Crippen LogP contribution in [0.3, 0.4) is 0 Å². The number of primary amides is 1. The van der Waals surface area contributed by atoms with Crippen LogP contribution in [0, 0.1) is 5.82 Å². The third-order valence-corrected chi connectivity index (χ3v) is 2.84. The first-order valence-electron chi connectivity index (χ1n) is 5.08. The van der Waals surface area contributed by atoms with Crippen molar-refractivity contribution in [3.8, 4) is 0 Å². The molecule has 2 rings (SSSR count). The van der Waals surface area contributed by atoms with E-state index in [9.17, 15) is 9.18 Å². The van der Waals surface area contributed by atoms with Crippen molar-refractivity contribution in [3.05, 3.63) is 23.5 Å². The Morgan fingerprint density at radius 2 is 2.12 bits per heavy atom. The van der Waals surface area contributed by atoms with Gasteiger partial charge in [-0.25, -0.2) is 4.39 Å². The number of amides is 1. The maximum Gasteiger partial charge on any atom is 0.250 e. The number of anilines is 2. The van der Waals surface area contributed by atoms with Crippen LogP contribution in [0.2, 0.25) is 0 Å². The normalized spacial score (nSPS) is 16.9. The molecule has 0 unspecified atom stereocenters.